The van der Waals surface area contributed by atoms with Crippen molar-refractivity contribution in [2.24, 2.45) is 5.73 Å². The van der Waals surface area contributed by atoms with Gasteiger partial charge in [-0.15, -0.1) is 11.3 Å². The fourth-order valence-electron chi connectivity index (χ4n) is 1.86. The molecule has 2 N–H and O–H groups in total. The molecule has 0 saturated heterocycles. The lowest BCUT2D eigenvalue weighted by atomic mass is 10.1. The highest BCUT2D eigenvalue weighted by atomic mass is 32.1. The first-order chi connectivity index (χ1) is 7.72. The van der Waals surface area contributed by atoms with Crippen LogP contribution in [0.15, 0.2) is 11.7 Å². The third-order valence-corrected chi connectivity index (χ3v) is 3.48. The Morgan fingerprint density at radius 3 is 2.88 bits per heavy atom. The van der Waals surface area contributed by atoms with Gasteiger partial charge in [0.2, 0.25) is 0 Å². The van der Waals surface area contributed by atoms with Crippen molar-refractivity contribution in [2.45, 2.75) is 26.8 Å². The molecule has 0 spiro atoms. The molecule has 2 heterocycles. The Kier molecular flexibility index (Phi) is 3.36. The molecular weight excluding hydrogens is 220 g/mol. The molecule has 0 atom stereocenters. The van der Waals surface area contributed by atoms with E-state index >= 15 is 0 Å². The van der Waals surface area contributed by atoms with E-state index in [-0.39, 0.29) is 0 Å². The standard InChI is InChI=1S/C11H16N4S/c1-8-11(3-4-12)9(2)15(14-8)6-10-5-13-7-16-10/h5,7H,3-4,6,12H2,1-2H3. The summed E-state index contributed by atoms with van der Waals surface area (Å²) in [6.45, 7) is 5.63. The molecule has 5 heteroatoms. The van der Waals surface area contributed by atoms with Crippen molar-refractivity contribution >= 4 is 11.3 Å². The van der Waals surface area contributed by atoms with Crippen molar-refractivity contribution in [2.75, 3.05) is 6.54 Å². The number of aromatic nitrogens is 3. The molecule has 0 fully saturated rings. The second-order valence-corrected chi connectivity index (χ2v) is 4.78. The zero-order valence-electron chi connectivity index (χ0n) is 9.60. The summed E-state index contributed by atoms with van der Waals surface area (Å²) >= 11 is 1.66. The zero-order valence-corrected chi connectivity index (χ0v) is 10.4. The van der Waals surface area contributed by atoms with Crippen LogP contribution < -0.4 is 5.73 Å². The lowest BCUT2D eigenvalue weighted by Crippen LogP contribution is -2.06. The van der Waals surface area contributed by atoms with Gasteiger partial charge in [0.15, 0.2) is 0 Å². The SMILES string of the molecule is Cc1nn(Cc2cncs2)c(C)c1CCN. The van der Waals surface area contributed by atoms with E-state index in [1.807, 2.05) is 23.3 Å². The summed E-state index contributed by atoms with van der Waals surface area (Å²) in [4.78, 5) is 5.30. The molecule has 86 valence electrons. The van der Waals surface area contributed by atoms with Gasteiger partial charge in [0, 0.05) is 16.8 Å². The molecule has 0 amide bonds. The molecule has 0 aliphatic carbocycles. The zero-order chi connectivity index (χ0) is 11.5. The number of hydrogen-bond donors (Lipinski definition) is 1. The van der Waals surface area contributed by atoms with Crippen molar-refractivity contribution in [1.29, 1.82) is 0 Å². The maximum absolute atomic E-state index is 5.60. The van der Waals surface area contributed by atoms with Gasteiger partial charge in [-0.2, -0.15) is 5.10 Å². The van der Waals surface area contributed by atoms with Crippen molar-refractivity contribution in [3.05, 3.63) is 33.5 Å². The van der Waals surface area contributed by atoms with Crippen LogP contribution in [0.3, 0.4) is 0 Å². The van der Waals surface area contributed by atoms with E-state index in [0.717, 1.165) is 18.7 Å². The van der Waals surface area contributed by atoms with Crippen LogP contribution >= 0.6 is 11.3 Å². The van der Waals surface area contributed by atoms with E-state index in [9.17, 15) is 0 Å². The first-order valence-electron chi connectivity index (χ1n) is 5.32. The Balaban J connectivity index is 2.25. The van der Waals surface area contributed by atoms with Crippen LogP contribution in [-0.4, -0.2) is 21.3 Å². The minimum Gasteiger partial charge on any atom is -0.330 e. The van der Waals surface area contributed by atoms with E-state index in [1.165, 1.54) is 16.1 Å². The molecular formula is C11H16N4S. The Morgan fingerprint density at radius 1 is 1.44 bits per heavy atom. The van der Waals surface area contributed by atoms with Crippen LogP contribution in [0.5, 0.6) is 0 Å². The van der Waals surface area contributed by atoms with Gasteiger partial charge < -0.3 is 5.73 Å². The van der Waals surface area contributed by atoms with E-state index in [1.54, 1.807) is 11.3 Å². The first-order valence-corrected chi connectivity index (χ1v) is 6.20. The third kappa shape index (κ3) is 2.15. The van der Waals surface area contributed by atoms with Gasteiger partial charge in [-0.3, -0.25) is 9.67 Å². The largest absolute Gasteiger partial charge is 0.330 e. The van der Waals surface area contributed by atoms with Crippen molar-refractivity contribution in [3.8, 4) is 0 Å². The molecule has 2 aromatic rings. The second kappa shape index (κ2) is 4.76. The number of thiazole rings is 1. The molecule has 16 heavy (non-hydrogen) atoms. The quantitative estimate of drug-likeness (QED) is 0.875. The Labute approximate surface area is 99.1 Å². The van der Waals surface area contributed by atoms with Gasteiger partial charge in [0.1, 0.15) is 0 Å². The van der Waals surface area contributed by atoms with Crippen molar-refractivity contribution in [1.82, 2.24) is 14.8 Å². The smallest absolute Gasteiger partial charge is 0.0794 e. The fraction of sp³-hybridized carbons (Fsp3) is 0.455. The molecule has 4 nitrogen and oxygen atoms in total. The highest BCUT2D eigenvalue weighted by Crippen LogP contribution is 2.16. The van der Waals surface area contributed by atoms with Crippen LogP contribution in [0.2, 0.25) is 0 Å². The molecule has 0 saturated carbocycles. The van der Waals surface area contributed by atoms with Crippen LogP contribution in [0.25, 0.3) is 0 Å². The van der Waals surface area contributed by atoms with Crippen LogP contribution in [-0.2, 0) is 13.0 Å². The van der Waals surface area contributed by atoms with E-state index in [2.05, 4.69) is 17.0 Å². The molecule has 0 radical (unpaired) electrons. The molecule has 2 aromatic heterocycles. The van der Waals surface area contributed by atoms with Crippen molar-refractivity contribution in [3.63, 3.8) is 0 Å². The van der Waals surface area contributed by atoms with E-state index < -0.39 is 0 Å². The normalized spacial score (nSPS) is 10.9. The molecule has 0 aliphatic heterocycles. The summed E-state index contributed by atoms with van der Waals surface area (Å²) in [5.41, 5.74) is 11.0. The number of hydrogen-bond acceptors (Lipinski definition) is 4. The minimum atomic E-state index is 0.675. The minimum absolute atomic E-state index is 0.675. The molecule has 0 aromatic carbocycles. The average molecular weight is 236 g/mol. The van der Waals surface area contributed by atoms with Gasteiger partial charge >= 0.3 is 0 Å². The van der Waals surface area contributed by atoms with Gasteiger partial charge in [-0.1, -0.05) is 0 Å². The average Bonchev–Trinajstić information content (AvgIpc) is 2.84. The topological polar surface area (TPSA) is 56.7 Å². The molecule has 0 unspecified atom stereocenters. The first kappa shape index (κ1) is 11.3. The monoisotopic (exact) mass is 236 g/mol. The lowest BCUT2D eigenvalue weighted by molar-refractivity contribution is 0.664. The molecule has 0 bridgehead atoms. The van der Waals surface area contributed by atoms with Gasteiger partial charge in [-0.25, -0.2) is 0 Å². The van der Waals surface area contributed by atoms with E-state index in [0.29, 0.717) is 6.54 Å². The number of aryl methyl sites for hydroxylation is 1. The molecule has 2 rings (SSSR count). The summed E-state index contributed by atoms with van der Waals surface area (Å²) in [6.07, 6.45) is 2.80. The predicted octanol–water partition coefficient (Wildman–Crippen LogP) is 1.51. The summed E-state index contributed by atoms with van der Waals surface area (Å²) in [5.74, 6) is 0. The Bertz CT molecular complexity index is 459. The van der Waals surface area contributed by atoms with Crippen molar-refractivity contribution < 1.29 is 0 Å². The predicted molar refractivity (Wildman–Crippen MR) is 65.7 cm³/mol. The highest BCUT2D eigenvalue weighted by Gasteiger charge is 2.11. The fourth-order valence-corrected chi connectivity index (χ4v) is 2.44. The Morgan fingerprint density at radius 2 is 2.25 bits per heavy atom. The van der Waals surface area contributed by atoms with Gasteiger partial charge in [-0.05, 0) is 32.4 Å². The van der Waals surface area contributed by atoms with Crippen LogP contribution in [0.4, 0.5) is 0 Å². The maximum Gasteiger partial charge on any atom is 0.0794 e. The maximum atomic E-state index is 5.60. The third-order valence-electron chi connectivity index (χ3n) is 2.71. The summed E-state index contributed by atoms with van der Waals surface area (Å²) in [7, 11) is 0. The summed E-state index contributed by atoms with van der Waals surface area (Å²) < 4.78 is 2.04. The van der Waals surface area contributed by atoms with Gasteiger partial charge in [0.25, 0.3) is 0 Å². The molecule has 0 aliphatic rings. The summed E-state index contributed by atoms with van der Waals surface area (Å²) in [6, 6.07) is 0. The number of rotatable bonds is 4. The van der Waals surface area contributed by atoms with Crippen LogP contribution in [0.1, 0.15) is 21.8 Å². The van der Waals surface area contributed by atoms with Crippen LogP contribution in [0, 0.1) is 13.8 Å². The van der Waals surface area contributed by atoms with Gasteiger partial charge in [0.05, 0.1) is 17.7 Å². The highest BCUT2D eigenvalue weighted by molar-refractivity contribution is 7.09. The summed E-state index contributed by atoms with van der Waals surface area (Å²) in [5, 5.41) is 4.54. The van der Waals surface area contributed by atoms with E-state index in [4.69, 9.17) is 5.73 Å². The number of nitrogens with two attached hydrogens (primary N) is 1. The second-order valence-electron chi connectivity index (χ2n) is 3.81. The Hall–Kier alpha value is -1.20. The number of nitrogens with zero attached hydrogens (tertiary/aromatic N) is 3. The lowest BCUT2D eigenvalue weighted by Gasteiger charge is -2.02.